The molecule has 0 saturated heterocycles. The maximum Gasteiger partial charge on any atom is 0.306 e. The van der Waals surface area contributed by atoms with Gasteiger partial charge in [-0.15, -0.1) is 0 Å². The molecule has 0 radical (unpaired) electrons. The van der Waals surface area contributed by atoms with Gasteiger partial charge in [0.25, 0.3) is 0 Å². The number of quaternary nitrogens is 1. The highest BCUT2D eigenvalue weighted by Gasteiger charge is 2.25. The fraction of sp³-hybridized carbons (Fsp3) is 0.865. The minimum absolute atomic E-state index is 0.0416. The zero-order chi connectivity index (χ0) is 44.2. The molecule has 0 aliphatic carbocycles. The number of hydrogen-bond donors (Lipinski definition) is 0. The third kappa shape index (κ3) is 41.2. The van der Waals surface area contributed by atoms with E-state index in [9.17, 15) is 19.5 Å². The lowest BCUT2D eigenvalue weighted by molar-refractivity contribution is -0.889. The van der Waals surface area contributed by atoms with Crippen LogP contribution in [0.25, 0.3) is 0 Å². The smallest absolute Gasteiger partial charge is 0.306 e. The average Bonchev–Trinajstić information content (AvgIpc) is 3.21. The summed E-state index contributed by atoms with van der Waals surface area (Å²) in [5, 5.41) is 11.6. The minimum atomic E-state index is -1.12. The van der Waals surface area contributed by atoms with Crippen molar-refractivity contribution in [3.8, 4) is 0 Å². The number of unbranched alkanes of at least 4 members (excludes halogenated alkanes) is 28. The molecule has 0 N–H and O–H groups in total. The van der Waals surface area contributed by atoms with Crippen LogP contribution < -0.4 is 5.11 Å². The van der Waals surface area contributed by atoms with Crippen LogP contribution in [0, 0.1) is 0 Å². The molecule has 0 aromatic carbocycles. The number of carboxylic acid groups (broad SMARTS) is 1. The first-order chi connectivity index (χ1) is 29.1. The molecule has 0 aromatic rings. The van der Waals surface area contributed by atoms with E-state index < -0.39 is 18.1 Å². The quantitative estimate of drug-likeness (QED) is 0.0260. The zero-order valence-corrected chi connectivity index (χ0v) is 40.1. The molecule has 0 heterocycles. The molecule has 0 aliphatic heterocycles. The fourth-order valence-corrected chi connectivity index (χ4v) is 7.63. The van der Waals surface area contributed by atoms with Crippen molar-refractivity contribution in [2.45, 2.75) is 251 Å². The Labute approximate surface area is 371 Å². The Morgan fingerprint density at radius 1 is 0.500 bits per heavy atom. The second-order valence-electron chi connectivity index (χ2n) is 18.4. The molecule has 0 fully saturated rings. The standard InChI is InChI=1S/C52H97NO7/c1-6-8-10-12-14-16-18-20-21-22-23-24-25-26-27-28-29-31-33-35-37-39-41-43-51(55)60-48(46-58-45-44-49(52(56)57)53(3,4)5)47-59-50(54)42-40-38-36-34-32-30-19-17-15-13-11-9-7-2/h23-24,26-27,48-49H,6-22,25,28-47H2,1-5H3/b24-23+,27-26+. The minimum Gasteiger partial charge on any atom is -0.544 e. The molecule has 60 heavy (non-hydrogen) atoms. The van der Waals surface area contributed by atoms with E-state index in [1.165, 1.54) is 154 Å². The lowest BCUT2D eigenvalue weighted by Crippen LogP contribution is -2.55. The van der Waals surface area contributed by atoms with E-state index in [0.717, 1.165) is 51.4 Å². The summed E-state index contributed by atoms with van der Waals surface area (Å²) in [6.07, 6.45) is 49.2. The number of aliphatic carboxylic acids is 1. The SMILES string of the molecule is CCCCCCCCCCC/C=C/C/C=C/CCCCCCCCCC(=O)OC(COCCC(C(=O)[O-])[N+](C)(C)C)COC(=O)CCCCCCCCCCCCCCC. The Bertz CT molecular complexity index is 1040. The highest BCUT2D eigenvalue weighted by Crippen LogP contribution is 2.15. The molecule has 8 heteroatoms. The average molecular weight is 848 g/mol. The third-order valence-corrected chi connectivity index (χ3v) is 11.6. The van der Waals surface area contributed by atoms with Crippen LogP contribution in [-0.4, -0.2) is 75.5 Å². The Kier molecular flexibility index (Phi) is 41.9. The first kappa shape index (κ1) is 57.8. The van der Waals surface area contributed by atoms with Gasteiger partial charge in [0.15, 0.2) is 6.10 Å². The van der Waals surface area contributed by atoms with Crippen LogP contribution in [0.2, 0.25) is 0 Å². The predicted octanol–water partition coefficient (Wildman–Crippen LogP) is 13.1. The van der Waals surface area contributed by atoms with Gasteiger partial charge in [0.2, 0.25) is 0 Å². The number of allylic oxidation sites excluding steroid dienone is 4. The molecule has 0 spiro atoms. The first-order valence-corrected chi connectivity index (χ1v) is 25.4. The van der Waals surface area contributed by atoms with E-state index in [4.69, 9.17) is 14.2 Å². The van der Waals surface area contributed by atoms with E-state index >= 15 is 0 Å². The summed E-state index contributed by atoms with van der Waals surface area (Å²) in [6.45, 7) is 4.68. The van der Waals surface area contributed by atoms with Crippen LogP contribution in [-0.2, 0) is 28.6 Å². The zero-order valence-electron chi connectivity index (χ0n) is 40.1. The second kappa shape index (κ2) is 43.5. The molecular formula is C52H97NO7. The topological polar surface area (TPSA) is 102 Å². The monoisotopic (exact) mass is 848 g/mol. The summed E-state index contributed by atoms with van der Waals surface area (Å²) in [4.78, 5) is 37.0. The van der Waals surface area contributed by atoms with Crippen molar-refractivity contribution in [1.82, 2.24) is 0 Å². The summed E-state index contributed by atoms with van der Waals surface area (Å²) in [7, 11) is 5.42. The predicted molar refractivity (Wildman–Crippen MR) is 250 cm³/mol. The van der Waals surface area contributed by atoms with E-state index in [2.05, 4.69) is 38.2 Å². The summed E-state index contributed by atoms with van der Waals surface area (Å²) < 4.78 is 17.2. The first-order valence-electron chi connectivity index (χ1n) is 25.4. The highest BCUT2D eigenvalue weighted by atomic mass is 16.6. The van der Waals surface area contributed by atoms with Gasteiger partial charge in [-0.2, -0.15) is 0 Å². The Morgan fingerprint density at radius 2 is 0.883 bits per heavy atom. The van der Waals surface area contributed by atoms with Gasteiger partial charge in [-0.25, -0.2) is 0 Å². The third-order valence-electron chi connectivity index (χ3n) is 11.6. The molecule has 2 atom stereocenters. The van der Waals surface area contributed by atoms with Gasteiger partial charge in [-0.05, 0) is 44.9 Å². The van der Waals surface area contributed by atoms with Gasteiger partial charge in [0.1, 0.15) is 12.6 Å². The largest absolute Gasteiger partial charge is 0.544 e. The van der Waals surface area contributed by atoms with Crippen LogP contribution in [0.3, 0.4) is 0 Å². The Hall–Kier alpha value is -2.19. The molecule has 0 rings (SSSR count). The van der Waals surface area contributed by atoms with E-state index in [1.807, 2.05) is 0 Å². The van der Waals surface area contributed by atoms with Gasteiger partial charge in [-0.1, -0.05) is 199 Å². The van der Waals surface area contributed by atoms with Crippen molar-refractivity contribution < 1.29 is 38.2 Å². The van der Waals surface area contributed by atoms with Crippen molar-refractivity contribution >= 4 is 17.9 Å². The number of esters is 2. The van der Waals surface area contributed by atoms with Gasteiger partial charge in [0, 0.05) is 19.3 Å². The Morgan fingerprint density at radius 3 is 1.28 bits per heavy atom. The molecule has 0 saturated carbocycles. The van der Waals surface area contributed by atoms with Crippen LogP contribution in [0.4, 0.5) is 0 Å². The van der Waals surface area contributed by atoms with E-state index in [1.54, 1.807) is 21.1 Å². The van der Waals surface area contributed by atoms with E-state index in [-0.39, 0.29) is 42.7 Å². The number of carbonyl (C=O) groups is 3. The lowest BCUT2D eigenvalue weighted by atomic mass is 10.0. The number of ether oxygens (including phenoxy) is 3. The molecule has 8 nitrogen and oxygen atoms in total. The summed E-state index contributed by atoms with van der Waals surface area (Å²) in [5.41, 5.74) is 0. The molecule has 0 bridgehead atoms. The lowest BCUT2D eigenvalue weighted by Gasteiger charge is -2.34. The second-order valence-corrected chi connectivity index (χ2v) is 18.4. The molecule has 2 unspecified atom stereocenters. The molecule has 0 aromatic heterocycles. The molecule has 352 valence electrons. The summed E-state index contributed by atoms with van der Waals surface area (Å²) in [5.74, 6) is -1.73. The van der Waals surface area contributed by atoms with Gasteiger partial charge >= 0.3 is 11.9 Å². The number of nitrogens with zero attached hydrogens (tertiary/aromatic N) is 1. The molecule has 0 aliphatic rings. The number of rotatable bonds is 46. The maximum absolute atomic E-state index is 12.8. The van der Waals surface area contributed by atoms with Crippen molar-refractivity contribution in [1.29, 1.82) is 0 Å². The van der Waals surface area contributed by atoms with Crippen LogP contribution >= 0.6 is 0 Å². The normalized spacial score (nSPS) is 13.0. The molecule has 0 amide bonds. The number of carbonyl (C=O) groups excluding carboxylic acids is 3. The van der Waals surface area contributed by atoms with Crippen molar-refractivity contribution in [2.75, 3.05) is 41.0 Å². The van der Waals surface area contributed by atoms with Crippen molar-refractivity contribution in [2.24, 2.45) is 0 Å². The van der Waals surface area contributed by atoms with Crippen molar-refractivity contribution in [3.63, 3.8) is 0 Å². The summed E-state index contributed by atoms with van der Waals surface area (Å²) >= 11 is 0. The van der Waals surface area contributed by atoms with E-state index in [0.29, 0.717) is 12.8 Å². The number of likely N-dealkylation sites (N-methyl/N-ethyl adjacent to an activating group) is 1. The van der Waals surface area contributed by atoms with Crippen LogP contribution in [0.5, 0.6) is 0 Å². The number of hydrogen-bond acceptors (Lipinski definition) is 7. The summed E-state index contributed by atoms with van der Waals surface area (Å²) in [6, 6.07) is -0.725. The van der Waals surface area contributed by atoms with Gasteiger partial charge < -0.3 is 28.6 Å². The Balaban J connectivity index is 4.22. The van der Waals surface area contributed by atoms with Gasteiger partial charge in [0.05, 0.1) is 40.3 Å². The fourth-order valence-electron chi connectivity index (χ4n) is 7.63. The highest BCUT2D eigenvalue weighted by molar-refractivity contribution is 5.70. The van der Waals surface area contributed by atoms with Gasteiger partial charge in [-0.3, -0.25) is 9.59 Å². The maximum atomic E-state index is 12.8. The van der Waals surface area contributed by atoms with Crippen LogP contribution in [0.1, 0.15) is 239 Å². The van der Waals surface area contributed by atoms with Crippen LogP contribution in [0.15, 0.2) is 24.3 Å². The number of carboxylic acids is 1. The van der Waals surface area contributed by atoms with Crippen molar-refractivity contribution in [3.05, 3.63) is 24.3 Å². The molecular weight excluding hydrogens is 751 g/mol.